The molecule has 148 valence electrons. The molecule has 0 atom stereocenters. The van der Waals surface area contributed by atoms with Crippen LogP contribution >= 0.6 is 22.7 Å². The molecule has 0 saturated carbocycles. The Kier molecular flexibility index (Phi) is 8.32. The molecule has 0 aromatic carbocycles. The smallest absolute Gasteiger partial charge is 0.313 e. The topological polar surface area (TPSA) is 136 Å². The minimum absolute atomic E-state index is 0.0962. The molecule has 2 aromatic heterocycles. The van der Waals surface area contributed by atoms with E-state index in [1.807, 2.05) is 20.8 Å². The lowest BCUT2D eigenvalue weighted by molar-refractivity contribution is -0.153. The highest BCUT2D eigenvalue weighted by Gasteiger charge is 2.18. The van der Waals surface area contributed by atoms with Crippen LogP contribution in [0, 0.1) is 0 Å². The predicted octanol–water partition coefficient (Wildman–Crippen LogP) is 1.47. The van der Waals surface area contributed by atoms with Crippen LogP contribution in [0.4, 0.5) is 5.13 Å². The number of aromatic nitrogens is 2. The third-order valence-electron chi connectivity index (χ3n) is 2.69. The Labute approximate surface area is 165 Å². The van der Waals surface area contributed by atoms with Crippen LogP contribution in [0.25, 0.3) is 0 Å². The Balaban J connectivity index is 0.000000309. The van der Waals surface area contributed by atoms with E-state index in [0.717, 1.165) is 0 Å². The SMILES string of the molecule is CNC(=O)c1cnc(CC(=O)OC(C)(C)C)s1.CNC(=O)c1cnc(N)s1. The molecular weight excluding hydrogens is 390 g/mol. The zero-order valence-corrected chi connectivity index (χ0v) is 17.4. The summed E-state index contributed by atoms with van der Waals surface area (Å²) in [5.41, 5.74) is 4.80. The molecule has 11 heteroatoms. The fraction of sp³-hybridized carbons (Fsp3) is 0.438. The van der Waals surface area contributed by atoms with Crippen molar-refractivity contribution in [1.29, 1.82) is 0 Å². The van der Waals surface area contributed by atoms with Crippen LogP contribution in [0.15, 0.2) is 12.4 Å². The molecule has 4 N–H and O–H groups in total. The van der Waals surface area contributed by atoms with Gasteiger partial charge < -0.3 is 21.1 Å². The quantitative estimate of drug-likeness (QED) is 0.646. The van der Waals surface area contributed by atoms with Gasteiger partial charge in [0.15, 0.2) is 5.13 Å². The van der Waals surface area contributed by atoms with Crippen LogP contribution in [0.3, 0.4) is 0 Å². The first-order valence-electron chi connectivity index (χ1n) is 7.87. The van der Waals surface area contributed by atoms with E-state index in [1.165, 1.54) is 35.1 Å². The van der Waals surface area contributed by atoms with Gasteiger partial charge in [0.25, 0.3) is 11.8 Å². The molecule has 9 nitrogen and oxygen atoms in total. The number of carbonyl (C=O) groups is 3. The number of nitrogens with two attached hydrogens (primary N) is 1. The Morgan fingerprint density at radius 1 is 1.04 bits per heavy atom. The summed E-state index contributed by atoms with van der Waals surface area (Å²) in [5.74, 6) is -0.678. The van der Waals surface area contributed by atoms with Gasteiger partial charge in [0, 0.05) is 14.1 Å². The molecule has 0 spiro atoms. The molecule has 0 aliphatic carbocycles. The number of carbonyl (C=O) groups excluding carboxylic acids is 3. The van der Waals surface area contributed by atoms with Gasteiger partial charge in [-0.1, -0.05) is 11.3 Å². The lowest BCUT2D eigenvalue weighted by Gasteiger charge is -2.18. The highest BCUT2D eigenvalue weighted by Crippen LogP contribution is 2.16. The van der Waals surface area contributed by atoms with Crippen molar-refractivity contribution in [3.05, 3.63) is 27.2 Å². The van der Waals surface area contributed by atoms with Crippen molar-refractivity contribution in [1.82, 2.24) is 20.6 Å². The summed E-state index contributed by atoms with van der Waals surface area (Å²) in [4.78, 5) is 42.4. The van der Waals surface area contributed by atoms with Crippen LogP contribution in [-0.4, -0.2) is 47.4 Å². The molecular formula is C16H23N5O4S2. The van der Waals surface area contributed by atoms with Gasteiger partial charge >= 0.3 is 5.97 Å². The Morgan fingerprint density at radius 2 is 1.56 bits per heavy atom. The second kappa shape index (κ2) is 9.97. The number of hydrogen-bond acceptors (Lipinski definition) is 9. The van der Waals surface area contributed by atoms with Crippen molar-refractivity contribution in [2.45, 2.75) is 32.8 Å². The van der Waals surface area contributed by atoms with E-state index in [2.05, 4.69) is 20.6 Å². The first-order valence-corrected chi connectivity index (χ1v) is 9.51. The average molecular weight is 414 g/mol. The molecule has 0 aliphatic rings. The van der Waals surface area contributed by atoms with Crippen molar-refractivity contribution in [3.8, 4) is 0 Å². The van der Waals surface area contributed by atoms with E-state index in [-0.39, 0.29) is 24.2 Å². The molecule has 2 amide bonds. The number of nitrogen functional groups attached to an aromatic ring is 1. The molecule has 0 unspecified atom stereocenters. The summed E-state index contributed by atoms with van der Waals surface area (Å²) in [5, 5.41) is 5.97. The van der Waals surface area contributed by atoms with Crippen LogP contribution in [0.5, 0.6) is 0 Å². The lowest BCUT2D eigenvalue weighted by atomic mass is 10.2. The number of thiazole rings is 2. The summed E-state index contributed by atoms with van der Waals surface area (Å²) in [6.45, 7) is 5.42. The second-order valence-electron chi connectivity index (χ2n) is 6.10. The van der Waals surface area contributed by atoms with E-state index in [0.29, 0.717) is 19.9 Å². The van der Waals surface area contributed by atoms with Crippen molar-refractivity contribution in [3.63, 3.8) is 0 Å². The first-order chi connectivity index (χ1) is 12.6. The summed E-state index contributed by atoms with van der Waals surface area (Å²) in [6, 6.07) is 0. The summed E-state index contributed by atoms with van der Waals surface area (Å²) in [6.07, 6.45) is 3.01. The summed E-state index contributed by atoms with van der Waals surface area (Å²) < 4.78 is 5.16. The number of hydrogen-bond donors (Lipinski definition) is 3. The van der Waals surface area contributed by atoms with E-state index in [1.54, 1.807) is 14.1 Å². The van der Waals surface area contributed by atoms with E-state index in [4.69, 9.17) is 10.5 Å². The van der Waals surface area contributed by atoms with Crippen LogP contribution < -0.4 is 16.4 Å². The van der Waals surface area contributed by atoms with Crippen molar-refractivity contribution in [2.75, 3.05) is 19.8 Å². The Morgan fingerprint density at radius 3 is 2.00 bits per heavy atom. The molecule has 2 aromatic rings. The van der Waals surface area contributed by atoms with Crippen LogP contribution in [0.2, 0.25) is 0 Å². The molecule has 0 saturated heterocycles. The van der Waals surface area contributed by atoms with Gasteiger partial charge in [0.1, 0.15) is 20.4 Å². The van der Waals surface area contributed by atoms with Crippen molar-refractivity contribution < 1.29 is 19.1 Å². The number of rotatable bonds is 4. The monoisotopic (exact) mass is 413 g/mol. The van der Waals surface area contributed by atoms with Gasteiger partial charge in [-0.05, 0) is 20.8 Å². The van der Waals surface area contributed by atoms with E-state index in [9.17, 15) is 14.4 Å². The van der Waals surface area contributed by atoms with Gasteiger partial charge in [-0.2, -0.15) is 0 Å². The van der Waals surface area contributed by atoms with Crippen molar-refractivity contribution in [2.24, 2.45) is 0 Å². The van der Waals surface area contributed by atoms with E-state index >= 15 is 0 Å². The standard InChI is InChI=1S/C11H16N2O3S.C5H7N3OS/c1-11(2,3)16-9(14)5-8-13-6-7(17-8)10(15)12-4;1-7-4(9)3-2-8-5(6)10-3/h6H,5H2,1-4H3,(H,12,15);2H,1H3,(H2,6,8)(H,7,9). The van der Waals surface area contributed by atoms with Gasteiger partial charge in [0.05, 0.1) is 18.8 Å². The molecule has 2 heterocycles. The summed E-state index contributed by atoms with van der Waals surface area (Å²) >= 11 is 2.37. The number of esters is 1. The maximum Gasteiger partial charge on any atom is 0.313 e. The predicted molar refractivity (Wildman–Crippen MR) is 105 cm³/mol. The zero-order valence-electron chi connectivity index (χ0n) is 15.8. The van der Waals surface area contributed by atoms with Gasteiger partial charge in [-0.25, -0.2) is 9.97 Å². The maximum absolute atomic E-state index is 11.5. The summed E-state index contributed by atoms with van der Waals surface area (Å²) in [7, 11) is 3.12. The molecule has 2 rings (SSSR count). The number of amides is 2. The molecule has 0 aliphatic heterocycles. The van der Waals surface area contributed by atoms with Crippen molar-refractivity contribution >= 4 is 45.6 Å². The van der Waals surface area contributed by atoms with Crippen LogP contribution in [0.1, 0.15) is 45.1 Å². The third kappa shape index (κ3) is 8.13. The highest BCUT2D eigenvalue weighted by molar-refractivity contribution is 7.17. The molecule has 0 radical (unpaired) electrons. The number of anilines is 1. The third-order valence-corrected chi connectivity index (χ3v) is 4.52. The minimum Gasteiger partial charge on any atom is -0.460 e. The Bertz CT molecular complexity index is 795. The average Bonchev–Trinajstić information content (AvgIpc) is 3.21. The fourth-order valence-electron chi connectivity index (χ4n) is 1.64. The first kappa shape index (κ1) is 22.5. The molecule has 0 bridgehead atoms. The van der Waals surface area contributed by atoms with Gasteiger partial charge in [0.2, 0.25) is 0 Å². The zero-order chi connectivity index (χ0) is 20.6. The second-order valence-corrected chi connectivity index (χ2v) is 8.28. The lowest BCUT2D eigenvalue weighted by Crippen LogP contribution is -2.24. The maximum atomic E-state index is 11.5. The van der Waals surface area contributed by atoms with Gasteiger partial charge in [-0.3, -0.25) is 14.4 Å². The highest BCUT2D eigenvalue weighted by atomic mass is 32.1. The number of ether oxygens (including phenoxy) is 1. The largest absolute Gasteiger partial charge is 0.460 e. The normalized spacial score (nSPS) is 10.4. The number of nitrogens with one attached hydrogen (secondary N) is 2. The minimum atomic E-state index is -0.502. The fourth-order valence-corrected chi connectivity index (χ4v) is 3.12. The number of nitrogens with zero attached hydrogens (tertiary/aromatic N) is 2. The molecule has 27 heavy (non-hydrogen) atoms. The van der Waals surface area contributed by atoms with E-state index < -0.39 is 5.60 Å². The van der Waals surface area contributed by atoms with Gasteiger partial charge in [-0.15, -0.1) is 11.3 Å². The molecule has 0 fully saturated rings. The van der Waals surface area contributed by atoms with Crippen LogP contribution in [-0.2, 0) is 16.0 Å². The Hall–Kier alpha value is -2.53.